The molecule has 0 aliphatic carbocycles. The molecule has 1 N–H and O–H groups in total. The Kier molecular flexibility index (Phi) is 5.96. The zero-order valence-electron chi connectivity index (χ0n) is 15.8. The van der Waals surface area contributed by atoms with E-state index in [1.807, 2.05) is 49.4 Å². The first-order valence-electron chi connectivity index (χ1n) is 9.09. The molecule has 0 fully saturated rings. The predicted octanol–water partition coefficient (Wildman–Crippen LogP) is 4.19. The third-order valence-electron chi connectivity index (χ3n) is 3.88. The van der Waals surface area contributed by atoms with E-state index >= 15 is 0 Å². The number of carbonyl (C=O) groups is 1. The maximum absolute atomic E-state index is 11.1. The number of nitrogens with zero attached hydrogens (tertiary/aromatic N) is 1. The predicted molar refractivity (Wildman–Crippen MR) is 104 cm³/mol. The van der Waals surface area contributed by atoms with Crippen LogP contribution in [0.3, 0.4) is 0 Å². The fraction of sp³-hybridized carbons (Fsp3) is 0.333. The van der Waals surface area contributed by atoms with E-state index in [1.165, 1.54) is 6.92 Å². The molecule has 6 heteroatoms. The van der Waals surface area contributed by atoms with E-state index in [2.05, 4.69) is 17.2 Å². The molecular weight excluding hydrogens is 344 g/mol. The fourth-order valence-electron chi connectivity index (χ4n) is 2.64. The van der Waals surface area contributed by atoms with Gasteiger partial charge in [-0.3, -0.25) is 4.79 Å². The van der Waals surface area contributed by atoms with Crippen LogP contribution in [0.25, 0.3) is 22.6 Å². The summed E-state index contributed by atoms with van der Waals surface area (Å²) in [7, 11) is 0. The number of rotatable bonds is 8. The van der Waals surface area contributed by atoms with Crippen molar-refractivity contribution in [2.24, 2.45) is 0 Å². The molecule has 1 aromatic heterocycles. The molecule has 27 heavy (non-hydrogen) atoms. The molecule has 1 amide bonds. The Bertz CT molecular complexity index is 902. The van der Waals surface area contributed by atoms with Crippen molar-refractivity contribution in [2.45, 2.75) is 33.2 Å². The van der Waals surface area contributed by atoms with Crippen LogP contribution >= 0.6 is 0 Å². The third kappa shape index (κ3) is 5.00. The number of ether oxygens (including phenoxy) is 2. The fourth-order valence-corrected chi connectivity index (χ4v) is 2.64. The van der Waals surface area contributed by atoms with Gasteiger partial charge in [0.25, 0.3) is 0 Å². The summed E-state index contributed by atoms with van der Waals surface area (Å²) >= 11 is 0. The van der Waals surface area contributed by atoms with E-state index < -0.39 is 0 Å². The Balaban J connectivity index is 1.71. The Hall–Kier alpha value is -3.02. The van der Waals surface area contributed by atoms with Crippen molar-refractivity contribution in [3.63, 3.8) is 0 Å². The summed E-state index contributed by atoms with van der Waals surface area (Å²) in [5, 5.41) is 2.78. The molecule has 0 unspecified atom stereocenters. The van der Waals surface area contributed by atoms with Gasteiger partial charge in [-0.1, -0.05) is 6.92 Å². The van der Waals surface area contributed by atoms with Crippen LogP contribution < -0.4 is 14.8 Å². The maximum Gasteiger partial charge on any atom is 0.227 e. The second kappa shape index (κ2) is 8.58. The number of fused-ring (bicyclic) bond motifs is 1. The lowest BCUT2D eigenvalue weighted by Gasteiger charge is -2.13. The Labute approximate surface area is 158 Å². The van der Waals surface area contributed by atoms with Gasteiger partial charge in [-0.25, -0.2) is 4.98 Å². The number of carbonyl (C=O) groups excluding carboxylic acids is 1. The second-order valence-corrected chi connectivity index (χ2v) is 6.43. The minimum atomic E-state index is -0.0764. The molecule has 0 saturated heterocycles. The van der Waals surface area contributed by atoms with Crippen LogP contribution in [-0.2, 0) is 4.79 Å². The largest absolute Gasteiger partial charge is 0.494 e. The first kappa shape index (κ1) is 18.8. The van der Waals surface area contributed by atoms with Crippen LogP contribution in [0.15, 0.2) is 46.9 Å². The van der Waals surface area contributed by atoms with E-state index in [1.54, 1.807) is 0 Å². The normalized spacial score (nSPS) is 12.0. The molecule has 0 aliphatic heterocycles. The first-order valence-corrected chi connectivity index (χ1v) is 9.09. The molecule has 0 spiro atoms. The summed E-state index contributed by atoms with van der Waals surface area (Å²) in [5.41, 5.74) is 2.30. The molecule has 2 aromatic carbocycles. The first-order chi connectivity index (χ1) is 13.0. The lowest BCUT2D eigenvalue weighted by molar-refractivity contribution is -0.119. The SMILES string of the molecule is CCCOc1ccc(-c2nc3ccc(OC[C@H](C)NC(C)=O)cc3o2)cc1. The number of aromatic nitrogens is 1. The molecule has 3 rings (SSSR count). The van der Waals surface area contributed by atoms with Gasteiger partial charge in [-0.15, -0.1) is 0 Å². The topological polar surface area (TPSA) is 73.6 Å². The number of hydrogen-bond acceptors (Lipinski definition) is 5. The highest BCUT2D eigenvalue weighted by Crippen LogP contribution is 2.28. The number of amides is 1. The van der Waals surface area contributed by atoms with Gasteiger partial charge in [-0.05, 0) is 49.7 Å². The minimum absolute atomic E-state index is 0.0723. The Morgan fingerprint density at radius 2 is 1.89 bits per heavy atom. The van der Waals surface area contributed by atoms with Crippen LogP contribution in [0.1, 0.15) is 27.2 Å². The number of oxazole rings is 1. The zero-order chi connectivity index (χ0) is 19.2. The van der Waals surface area contributed by atoms with E-state index in [-0.39, 0.29) is 11.9 Å². The number of nitrogens with one attached hydrogen (secondary N) is 1. The van der Waals surface area contributed by atoms with Gasteiger partial charge in [0.1, 0.15) is 23.6 Å². The number of hydrogen-bond donors (Lipinski definition) is 1. The van der Waals surface area contributed by atoms with E-state index in [4.69, 9.17) is 13.9 Å². The summed E-state index contributed by atoms with van der Waals surface area (Å²) in [5.74, 6) is 1.98. The maximum atomic E-state index is 11.1. The van der Waals surface area contributed by atoms with Crippen molar-refractivity contribution >= 4 is 17.0 Å². The van der Waals surface area contributed by atoms with E-state index in [0.717, 1.165) is 23.3 Å². The van der Waals surface area contributed by atoms with Crippen LogP contribution in [0, 0.1) is 0 Å². The van der Waals surface area contributed by atoms with Crippen molar-refractivity contribution in [2.75, 3.05) is 13.2 Å². The van der Waals surface area contributed by atoms with E-state index in [9.17, 15) is 4.79 Å². The van der Waals surface area contributed by atoms with Crippen molar-refractivity contribution in [1.82, 2.24) is 10.3 Å². The molecule has 0 aliphatic rings. The molecular formula is C21H24N2O4. The lowest BCUT2D eigenvalue weighted by atomic mass is 10.2. The quantitative estimate of drug-likeness (QED) is 0.645. The van der Waals surface area contributed by atoms with Gasteiger partial charge in [0, 0.05) is 18.6 Å². The van der Waals surface area contributed by atoms with Gasteiger partial charge >= 0.3 is 0 Å². The standard InChI is InChI=1S/C21H24N2O4/c1-4-11-25-17-7-5-16(6-8-17)21-23-19-10-9-18(12-20(19)27-21)26-13-14(2)22-15(3)24/h5-10,12,14H,4,11,13H2,1-3H3,(H,22,24)/t14-/m0/s1. The highest BCUT2D eigenvalue weighted by Gasteiger charge is 2.10. The van der Waals surface area contributed by atoms with Crippen molar-refractivity contribution in [3.05, 3.63) is 42.5 Å². The van der Waals surface area contributed by atoms with Gasteiger partial charge in [-0.2, -0.15) is 0 Å². The minimum Gasteiger partial charge on any atom is -0.494 e. The molecule has 1 heterocycles. The molecule has 3 aromatic rings. The van der Waals surface area contributed by atoms with Crippen molar-refractivity contribution in [3.8, 4) is 23.0 Å². The van der Waals surface area contributed by atoms with Crippen molar-refractivity contribution in [1.29, 1.82) is 0 Å². The molecule has 142 valence electrons. The molecule has 6 nitrogen and oxygen atoms in total. The Morgan fingerprint density at radius 3 is 2.59 bits per heavy atom. The number of benzene rings is 2. The summed E-state index contributed by atoms with van der Waals surface area (Å²) in [6.07, 6.45) is 0.973. The van der Waals surface area contributed by atoms with Crippen LogP contribution in [-0.4, -0.2) is 30.1 Å². The zero-order valence-corrected chi connectivity index (χ0v) is 15.8. The molecule has 0 radical (unpaired) electrons. The van der Waals surface area contributed by atoms with Crippen molar-refractivity contribution < 1.29 is 18.7 Å². The molecule has 0 bridgehead atoms. The average molecular weight is 368 g/mol. The second-order valence-electron chi connectivity index (χ2n) is 6.43. The van der Waals surface area contributed by atoms with Crippen LogP contribution in [0.2, 0.25) is 0 Å². The summed E-state index contributed by atoms with van der Waals surface area (Å²) in [6.45, 7) is 6.53. The molecule has 0 saturated carbocycles. The summed E-state index contributed by atoms with van der Waals surface area (Å²) < 4.78 is 17.2. The molecule has 1 atom stereocenters. The monoisotopic (exact) mass is 368 g/mol. The van der Waals surface area contributed by atoms with Crippen LogP contribution in [0.4, 0.5) is 0 Å². The van der Waals surface area contributed by atoms with Gasteiger partial charge in [0.15, 0.2) is 5.58 Å². The lowest BCUT2D eigenvalue weighted by Crippen LogP contribution is -2.35. The van der Waals surface area contributed by atoms with E-state index in [0.29, 0.717) is 30.4 Å². The summed E-state index contributed by atoms with van der Waals surface area (Å²) in [4.78, 5) is 15.6. The van der Waals surface area contributed by atoms with Gasteiger partial charge in [0.2, 0.25) is 11.8 Å². The highest BCUT2D eigenvalue weighted by atomic mass is 16.5. The van der Waals surface area contributed by atoms with Gasteiger partial charge < -0.3 is 19.2 Å². The third-order valence-corrected chi connectivity index (χ3v) is 3.88. The smallest absolute Gasteiger partial charge is 0.227 e. The Morgan fingerprint density at radius 1 is 1.15 bits per heavy atom. The van der Waals surface area contributed by atoms with Gasteiger partial charge in [0.05, 0.1) is 12.6 Å². The summed E-state index contributed by atoms with van der Waals surface area (Å²) in [6, 6.07) is 13.1. The average Bonchev–Trinajstić information content (AvgIpc) is 3.08. The van der Waals surface area contributed by atoms with Crippen LogP contribution in [0.5, 0.6) is 11.5 Å². The highest BCUT2D eigenvalue weighted by molar-refractivity contribution is 5.77.